The summed E-state index contributed by atoms with van der Waals surface area (Å²) < 4.78 is 0. The second kappa shape index (κ2) is 5.87. The van der Waals surface area contributed by atoms with Crippen molar-refractivity contribution >= 4 is 45.8 Å². The molecule has 0 unspecified atom stereocenters. The van der Waals surface area contributed by atoms with Crippen LogP contribution in [0.4, 0.5) is 5.82 Å². The molecule has 3 aromatic rings. The number of hydrogen-bond donors (Lipinski definition) is 3. The fraction of sp³-hybridized carbons (Fsp3) is 0.0667. The van der Waals surface area contributed by atoms with Gasteiger partial charge in [0.2, 0.25) is 0 Å². The van der Waals surface area contributed by atoms with Crippen LogP contribution in [0.2, 0.25) is 10.0 Å². The molecule has 22 heavy (non-hydrogen) atoms. The van der Waals surface area contributed by atoms with E-state index in [1.165, 1.54) is 0 Å². The molecule has 0 bridgehead atoms. The number of carbonyl (C=O) groups is 1. The first-order valence-electron chi connectivity index (χ1n) is 6.50. The van der Waals surface area contributed by atoms with E-state index in [2.05, 4.69) is 15.5 Å². The average molecular weight is 335 g/mol. The Bertz CT molecular complexity index is 860. The summed E-state index contributed by atoms with van der Waals surface area (Å²) in [6.45, 7) is 0.356. The molecular formula is C15H12Cl2N4O. The molecule has 1 heterocycles. The molecule has 0 radical (unpaired) electrons. The second-order valence-electron chi connectivity index (χ2n) is 4.80. The van der Waals surface area contributed by atoms with E-state index >= 15 is 0 Å². The van der Waals surface area contributed by atoms with Crippen LogP contribution in [-0.4, -0.2) is 16.1 Å². The third-order valence-corrected chi connectivity index (χ3v) is 4.03. The van der Waals surface area contributed by atoms with Gasteiger partial charge in [0.15, 0.2) is 5.82 Å². The van der Waals surface area contributed by atoms with Crippen molar-refractivity contribution in [2.75, 3.05) is 5.73 Å². The van der Waals surface area contributed by atoms with Crippen LogP contribution in [0.1, 0.15) is 15.9 Å². The fourth-order valence-corrected chi connectivity index (χ4v) is 2.43. The molecule has 1 aromatic heterocycles. The van der Waals surface area contributed by atoms with Gasteiger partial charge >= 0.3 is 0 Å². The van der Waals surface area contributed by atoms with E-state index < -0.39 is 0 Å². The number of anilines is 1. The summed E-state index contributed by atoms with van der Waals surface area (Å²) in [5.74, 6) is 0.169. The Balaban J connectivity index is 1.75. The number of nitrogen functional groups attached to an aromatic ring is 1. The Morgan fingerprint density at radius 1 is 1.18 bits per heavy atom. The number of rotatable bonds is 3. The standard InChI is InChI=1S/C15H12Cl2N4O/c16-11-3-1-8(5-12(11)17)7-19-15(22)9-2-4-13-10(6-9)14(18)21-20-13/h1-6H,7H2,(H,19,22)(H3,18,20,21). The van der Waals surface area contributed by atoms with Crippen LogP contribution in [0.25, 0.3) is 10.9 Å². The largest absolute Gasteiger partial charge is 0.382 e. The first-order chi connectivity index (χ1) is 10.5. The van der Waals surface area contributed by atoms with Crippen LogP contribution in [0, 0.1) is 0 Å². The van der Waals surface area contributed by atoms with Gasteiger partial charge in [0.05, 0.1) is 15.6 Å². The van der Waals surface area contributed by atoms with Crippen LogP contribution < -0.4 is 11.1 Å². The van der Waals surface area contributed by atoms with Gasteiger partial charge in [0.1, 0.15) is 0 Å². The molecule has 5 nitrogen and oxygen atoms in total. The molecule has 0 aliphatic rings. The zero-order valence-corrected chi connectivity index (χ0v) is 12.9. The highest BCUT2D eigenvalue weighted by atomic mass is 35.5. The lowest BCUT2D eigenvalue weighted by Crippen LogP contribution is -2.22. The first-order valence-corrected chi connectivity index (χ1v) is 7.26. The highest BCUT2D eigenvalue weighted by Crippen LogP contribution is 2.23. The number of H-pyrrole nitrogens is 1. The van der Waals surface area contributed by atoms with Gasteiger partial charge in [-0.3, -0.25) is 9.89 Å². The van der Waals surface area contributed by atoms with Gasteiger partial charge in [-0.2, -0.15) is 5.10 Å². The normalized spacial score (nSPS) is 10.8. The summed E-state index contributed by atoms with van der Waals surface area (Å²) in [7, 11) is 0. The van der Waals surface area contributed by atoms with Crippen LogP contribution in [-0.2, 0) is 6.54 Å². The summed E-state index contributed by atoms with van der Waals surface area (Å²) in [5.41, 5.74) is 7.91. The van der Waals surface area contributed by atoms with Crippen molar-refractivity contribution in [3.63, 3.8) is 0 Å². The van der Waals surface area contributed by atoms with E-state index in [0.29, 0.717) is 28.0 Å². The molecule has 0 spiro atoms. The number of aromatic amines is 1. The van der Waals surface area contributed by atoms with E-state index in [4.69, 9.17) is 28.9 Å². The highest BCUT2D eigenvalue weighted by Gasteiger charge is 2.09. The zero-order chi connectivity index (χ0) is 15.7. The maximum Gasteiger partial charge on any atom is 0.251 e. The summed E-state index contributed by atoms with van der Waals surface area (Å²) >= 11 is 11.8. The van der Waals surface area contributed by atoms with Gasteiger partial charge in [-0.25, -0.2) is 0 Å². The Morgan fingerprint density at radius 2 is 2.00 bits per heavy atom. The Kier molecular flexibility index (Phi) is 3.92. The third-order valence-electron chi connectivity index (χ3n) is 3.29. The Labute approximate surface area is 136 Å². The second-order valence-corrected chi connectivity index (χ2v) is 5.61. The summed E-state index contributed by atoms with van der Waals surface area (Å²) in [4.78, 5) is 12.2. The molecule has 1 amide bonds. The number of aromatic nitrogens is 2. The zero-order valence-electron chi connectivity index (χ0n) is 11.4. The van der Waals surface area contributed by atoms with Crippen molar-refractivity contribution in [1.29, 1.82) is 0 Å². The van der Waals surface area contributed by atoms with E-state index in [-0.39, 0.29) is 5.91 Å². The van der Waals surface area contributed by atoms with Gasteiger partial charge in [0, 0.05) is 17.5 Å². The predicted octanol–water partition coefficient (Wildman–Crippen LogP) is 3.38. The summed E-state index contributed by atoms with van der Waals surface area (Å²) in [6.07, 6.45) is 0. The lowest BCUT2D eigenvalue weighted by Gasteiger charge is -2.07. The minimum atomic E-state index is -0.200. The molecule has 0 aliphatic heterocycles. The number of fused-ring (bicyclic) bond motifs is 1. The van der Waals surface area contributed by atoms with Gasteiger partial charge in [-0.1, -0.05) is 29.3 Å². The van der Waals surface area contributed by atoms with Crippen molar-refractivity contribution < 1.29 is 4.79 Å². The number of halogens is 2. The summed E-state index contributed by atoms with van der Waals surface area (Å²) in [6, 6.07) is 10.4. The van der Waals surface area contributed by atoms with Gasteiger partial charge in [0.25, 0.3) is 5.91 Å². The van der Waals surface area contributed by atoms with E-state index in [9.17, 15) is 4.79 Å². The van der Waals surface area contributed by atoms with E-state index in [1.54, 1.807) is 30.3 Å². The lowest BCUT2D eigenvalue weighted by atomic mass is 10.1. The number of carbonyl (C=O) groups excluding carboxylic acids is 1. The molecule has 0 saturated heterocycles. The summed E-state index contributed by atoms with van der Waals surface area (Å²) in [5, 5.41) is 11.2. The number of nitrogens with zero attached hydrogens (tertiary/aromatic N) is 1. The number of amides is 1. The quantitative estimate of drug-likeness (QED) is 0.686. The molecule has 112 valence electrons. The average Bonchev–Trinajstić information content (AvgIpc) is 2.89. The maximum atomic E-state index is 12.2. The van der Waals surface area contributed by atoms with Crippen molar-refractivity contribution in [2.45, 2.75) is 6.54 Å². The van der Waals surface area contributed by atoms with Crippen LogP contribution in [0.15, 0.2) is 36.4 Å². The molecule has 4 N–H and O–H groups in total. The molecule has 0 fully saturated rings. The van der Waals surface area contributed by atoms with Gasteiger partial charge in [-0.05, 0) is 35.9 Å². The van der Waals surface area contributed by atoms with Crippen LogP contribution in [0.5, 0.6) is 0 Å². The number of nitrogens with two attached hydrogens (primary N) is 1. The van der Waals surface area contributed by atoms with Crippen molar-refractivity contribution in [3.05, 3.63) is 57.6 Å². The minimum Gasteiger partial charge on any atom is -0.382 e. The van der Waals surface area contributed by atoms with E-state index in [0.717, 1.165) is 16.5 Å². The molecule has 7 heteroatoms. The van der Waals surface area contributed by atoms with Gasteiger partial charge in [-0.15, -0.1) is 0 Å². The molecule has 2 aromatic carbocycles. The van der Waals surface area contributed by atoms with Crippen molar-refractivity contribution in [1.82, 2.24) is 15.5 Å². The third kappa shape index (κ3) is 2.86. The lowest BCUT2D eigenvalue weighted by molar-refractivity contribution is 0.0951. The number of hydrogen-bond acceptors (Lipinski definition) is 3. The first kappa shape index (κ1) is 14.7. The Morgan fingerprint density at radius 3 is 2.77 bits per heavy atom. The predicted molar refractivity (Wildman–Crippen MR) is 88.1 cm³/mol. The molecule has 3 rings (SSSR count). The van der Waals surface area contributed by atoms with Gasteiger partial charge < -0.3 is 11.1 Å². The monoisotopic (exact) mass is 334 g/mol. The number of benzene rings is 2. The topological polar surface area (TPSA) is 83.8 Å². The number of nitrogens with one attached hydrogen (secondary N) is 2. The van der Waals surface area contributed by atoms with Crippen LogP contribution in [0.3, 0.4) is 0 Å². The maximum absolute atomic E-state index is 12.2. The molecule has 0 atom stereocenters. The molecular weight excluding hydrogens is 323 g/mol. The Hall–Kier alpha value is -2.24. The van der Waals surface area contributed by atoms with E-state index in [1.807, 2.05) is 6.07 Å². The molecule has 0 aliphatic carbocycles. The van der Waals surface area contributed by atoms with Crippen molar-refractivity contribution in [2.24, 2.45) is 0 Å². The highest BCUT2D eigenvalue weighted by molar-refractivity contribution is 6.42. The molecule has 0 saturated carbocycles. The SMILES string of the molecule is Nc1n[nH]c2ccc(C(=O)NCc3ccc(Cl)c(Cl)c3)cc12. The minimum absolute atomic E-state index is 0.200. The smallest absolute Gasteiger partial charge is 0.251 e. The van der Waals surface area contributed by atoms with Crippen LogP contribution >= 0.6 is 23.2 Å². The fourth-order valence-electron chi connectivity index (χ4n) is 2.11. The van der Waals surface area contributed by atoms with Crippen molar-refractivity contribution in [3.8, 4) is 0 Å².